The van der Waals surface area contributed by atoms with Crippen LogP contribution in [0.5, 0.6) is 0 Å². The second-order valence-corrected chi connectivity index (χ2v) is 3.46. The van der Waals surface area contributed by atoms with Crippen LogP contribution in [0.1, 0.15) is 30.2 Å². The van der Waals surface area contributed by atoms with Gasteiger partial charge in [0.25, 0.3) is 0 Å². The number of aryl methyl sites for hydroxylation is 1. The van der Waals surface area contributed by atoms with Gasteiger partial charge in [-0.05, 0) is 31.0 Å². The van der Waals surface area contributed by atoms with Crippen LogP contribution < -0.4 is 0 Å². The van der Waals surface area contributed by atoms with E-state index in [9.17, 15) is 4.79 Å². The van der Waals surface area contributed by atoms with Crippen molar-refractivity contribution in [1.82, 2.24) is 4.98 Å². The van der Waals surface area contributed by atoms with E-state index in [0.29, 0.717) is 12.3 Å². The van der Waals surface area contributed by atoms with E-state index in [-0.39, 0.29) is 12.4 Å². The summed E-state index contributed by atoms with van der Waals surface area (Å²) in [6, 6.07) is 3.86. The monoisotopic (exact) mass is 230 g/mol. The minimum atomic E-state index is -0.248. The van der Waals surface area contributed by atoms with Gasteiger partial charge in [0.2, 0.25) is 0 Å². The molecule has 0 atom stereocenters. The molecule has 0 N–H and O–H groups in total. The lowest BCUT2D eigenvalue weighted by Gasteiger charge is -1.99. The number of rotatable bonds is 4. The SMILES string of the molecule is CCOC(=O)CC=Cc1cnc(C#N)c(C)c1. The normalized spacial score (nSPS) is 10.2. The van der Waals surface area contributed by atoms with Crippen LogP contribution in [-0.2, 0) is 9.53 Å². The molecule has 0 aliphatic carbocycles. The van der Waals surface area contributed by atoms with Crippen molar-refractivity contribution < 1.29 is 9.53 Å². The number of nitrogens with zero attached hydrogens (tertiary/aromatic N) is 2. The fraction of sp³-hybridized carbons (Fsp3) is 0.308. The first-order valence-electron chi connectivity index (χ1n) is 5.36. The van der Waals surface area contributed by atoms with Crippen LogP contribution in [0.25, 0.3) is 6.08 Å². The number of pyridine rings is 1. The third-order valence-corrected chi connectivity index (χ3v) is 2.11. The molecule has 0 amide bonds. The maximum Gasteiger partial charge on any atom is 0.309 e. The Bertz CT molecular complexity index is 473. The lowest BCUT2D eigenvalue weighted by Crippen LogP contribution is -2.01. The number of ether oxygens (including phenoxy) is 1. The van der Waals surface area contributed by atoms with Gasteiger partial charge >= 0.3 is 5.97 Å². The predicted octanol–water partition coefficient (Wildman–Crippen LogP) is 2.23. The van der Waals surface area contributed by atoms with Crippen molar-refractivity contribution in [2.45, 2.75) is 20.3 Å². The van der Waals surface area contributed by atoms with Crippen molar-refractivity contribution in [1.29, 1.82) is 5.26 Å². The summed E-state index contributed by atoms with van der Waals surface area (Å²) in [5.74, 6) is -0.248. The van der Waals surface area contributed by atoms with E-state index in [4.69, 9.17) is 10.00 Å². The summed E-state index contributed by atoms with van der Waals surface area (Å²) in [5.41, 5.74) is 2.11. The lowest BCUT2D eigenvalue weighted by atomic mass is 10.1. The topological polar surface area (TPSA) is 63.0 Å². The summed E-state index contributed by atoms with van der Waals surface area (Å²) in [5, 5.41) is 8.73. The Morgan fingerprint density at radius 2 is 2.41 bits per heavy atom. The molecule has 4 nitrogen and oxygen atoms in total. The molecule has 0 bridgehead atoms. The molecule has 4 heteroatoms. The van der Waals surface area contributed by atoms with Crippen LogP contribution in [-0.4, -0.2) is 17.6 Å². The number of esters is 1. The van der Waals surface area contributed by atoms with E-state index in [1.54, 1.807) is 25.3 Å². The number of aromatic nitrogens is 1. The zero-order chi connectivity index (χ0) is 12.7. The van der Waals surface area contributed by atoms with Crippen LogP contribution in [0.4, 0.5) is 0 Å². The molecule has 1 rings (SSSR count). The molecule has 0 aromatic carbocycles. The van der Waals surface area contributed by atoms with E-state index in [0.717, 1.165) is 11.1 Å². The highest BCUT2D eigenvalue weighted by atomic mass is 16.5. The molecule has 0 saturated carbocycles. The first kappa shape index (κ1) is 12.9. The molecule has 1 heterocycles. The fourth-order valence-electron chi connectivity index (χ4n) is 1.32. The number of carbonyl (C=O) groups is 1. The highest BCUT2D eigenvalue weighted by Crippen LogP contribution is 2.08. The molecule has 0 unspecified atom stereocenters. The van der Waals surface area contributed by atoms with Gasteiger partial charge in [0.15, 0.2) is 0 Å². The van der Waals surface area contributed by atoms with Crippen LogP contribution in [0.2, 0.25) is 0 Å². The van der Waals surface area contributed by atoms with Crippen LogP contribution in [0.15, 0.2) is 18.3 Å². The second kappa shape index (κ2) is 6.44. The Balaban J connectivity index is 2.64. The van der Waals surface area contributed by atoms with E-state index >= 15 is 0 Å². The third-order valence-electron chi connectivity index (χ3n) is 2.11. The Morgan fingerprint density at radius 3 is 3.00 bits per heavy atom. The highest BCUT2D eigenvalue weighted by Gasteiger charge is 1.99. The molecular weight excluding hydrogens is 216 g/mol. The molecule has 0 aliphatic heterocycles. The molecule has 0 radical (unpaired) electrons. The first-order valence-corrected chi connectivity index (χ1v) is 5.36. The van der Waals surface area contributed by atoms with Gasteiger partial charge in [-0.2, -0.15) is 5.26 Å². The van der Waals surface area contributed by atoms with Gasteiger partial charge in [-0.3, -0.25) is 4.79 Å². The molecular formula is C13H14N2O2. The average Bonchev–Trinajstić information content (AvgIpc) is 2.29. The quantitative estimate of drug-likeness (QED) is 0.744. The minimum Gasteiger partial charge on any atom is -0.466 e. The van der Waals surface area contributed by atoms with Gasteiger partial charge in [0.1, 0.15) is 11.8 Å². The summed E-state index contributed by atoms with van der Waals surface area (Å²) in [6.07, 6.45) is 5.36. The Hall–Kier alpha value is -2.15. The molecule has 0 fully saturated rings. The zero-order valence-electron chi connectivity index (χ0n) is 9.93. The van der Waals surface area contributed by atoms with Gasteiger partial charge in [-0.25, -0.2) is 4.98 Å². The molecule has 0 saturated heterocycles. The largest absolute Gasteiger partial charge is 0.466 e. The molecule has 0 spiro atoms. The molecule has 1 aromatic rings. The molecule has 88 valence electrons. The van der Waals surface area contributed by atoms with Crippen molar-refractivity contribution in [2.24, 2.45) is 0 Å². The van der Waals surface area contributed by atoms with Crippen molar-refractivity contribution in [2.75, 3.05) is 6.61 Å². The number of hydrogen-bond acceptors (Lipinski definition) is 4. The summed E-state index contributed by atoms with van der Waals surface area (Å²) >= 11 is 0. The van der Waals surface area contributed by atoms with E-state index < -0.39 is 0 Å². The predicted molar refractivity (Wildman–Crippen MR) is 64.0 cm³/mol. The number of nitriles is 1. The van der Waals surface area contributed by atoms with Crippen LogP contribution in [0, 0.1) is 18.3 Å². The standard InChI is InChI=1S/C13H14N2O2/c1-3-17-13(16)6-4-5-11-7-10(2)12(8-14)15-9-11/h4-5,7,9H,3,6H2,1-2H3. The fourth-order valence-corrected chi connectivity index (χ4v) is 1.32. The van der Waals surface area contributed by atoms with Gasteiger partial charge in [0.05, 0.1) is 13.0 Å². The van der Waals surface area contributed by atoms with Crippen molar-refractivity contribution in [3.05, 3.63) is 35.2 Å². The second-order valence-electron chi connectivity index (χ2n) is 3.46. The third kappa shape index (κ3) is 4.07. The van der Waals surface area contributed by atoms with Gasteiger partial charge in [-0.15, -0.1) is 0 Å². The highest BCUT2D eigenvalue weighted by molar-refractivity contribution is 5.72. The summed E-state index contributed by atoms with van der Waals surface area (Å²) in [7, 11) is 0. The maximum atomic E-state index is 11.1. The lowest BCUT2D eigenvalue weighted by molar-refractivity contribution is -0.142. The van der Waals surface area contributed by atoms with Crippen molar-refractivity contribution >= 4 is 12.0 Å². The number of carbonyl (C=O) groups excluding carboxylic acids is 1. The van der Waals surface area contributed by atoms with Crippen LogP contribution >= 0.6 is 0 Å². The Kier molecular flexibility index (Phi) is 4.89. The van der Waals surface area contributed by atoms with Crippen LogP contribution in [0.3, 0.4) is 0 Å². The zero-order valence-corrected chi connectivity index (χ0v) is 9.93. The van der Waals surface area contributed by atoms with Crippen molar-refractivity contribution in [3.8, 4) is 6.07 Å². The summed E-state index contributed by atoms with van der Waals surface area (Å²) in [6.45, 7) is 3.99. The smallest absolute Gasteiger partial charge is 0.309 e. The van der Waals surface area contributed by atoms with E-state index in [1.807, 2.05) is 19.1 Å². The molecule has 0 aliphatic rings. The number of hydrogen-bond donors (Lipinski definition) is 0. The minimum absolute atomic E-state index is 0.243. The van der Waals surface area contributed by atoms with Crippen molar-refractivity contribution in [3.63, 3.8) is 0 Å². The summed E-state index contributed by atoms with van der Waals surface area (Å²) in [4.78, 5) is 15.1. The van der Waals surface area contributed by atoms with Gasteiger partial charge in [-0.1, -0.05) is 12.2 Å². The Labute approximate surface area is 101 Å². The van der Waals surface area contributed by atoms with E-state index in [2.05, 4.69) is 4.98 Å². The van der Waals surface area contributed by atoms with Gasteiger partial charge in [0, 0.05) is 6.20 Å². The molecule has 1 aromatic heterocycles. The molecule has 17 heavy (non-hydrogen) atoms. The average molecular weight is 230 g/mol. The van der Waals surface area contributed by atoms with Gasteiger partial charge < -0.3 is 4.74 Å². The van der Waals surface area contributed by atoms with E-state index in [1.165, 1.54) is 0 Å². The summed E-state index contributed by atoms with van der Waals surface area (Å²) < 4.78 is 4.79. The Morgan fingerprint density at radius 1 is 1.65 bits per heavy atom. The maximum absolute atomic E-state index is 11.1. The first-order chi connectivity index (χ1) is 8.17.